The van der Waals surface area contributed by atoms with E-state index in [9.17, 15) is 9.59 Å². The highest BCUT2D eigenvalue weighted by Crippen LogP contribution is 2.21. The van der Waals surface area contributed by atoms with E-state index >= 15 is 0 Å². The van der Waals surface area contributed by atoms with Crippen molar-refractivity contribution in [3.8, 4) is 0 Å². The van der Waals surface area contributed by atoms with Crippen molar-refractivity contribution in [2.45, 2.75) is 59.6 Å². The third kappa shape index (κ3) is 6.01. The standard InChI is InChI=1S/C15H24N2O4S/c1-6-8-10-12(13(18)20-7-2)17-11(22-10)9-16-14(19)21-15(3,4)5/h6-9H2,1-5H3,(H,16,19). The van der Waals surface area contributed by atoms with Crippen molar-refractivity contribution in [1.29, 1.82) is 0 Å². The summed E-state index contributed by atoms with van der Waals surface area (Å²) < 4.78 is 10.2. The van der Waals surface area contributed by atoms with Crippen molar-refractivity contribution in [1.82, 2.24) is 10.3 Å². The Bertz CT molecular complexity index is 520. The molecule has 1 N–H and O–H groups in total. The summed E-state index contributed by atoms with van der Waals surface area (Å²) in [6, 6.07) is 0. The van der Waals surface area contributed by atoms with E-state index in [0.717, 1.165) is 17.7 Å². The molecular weight excluding hydrogens is 304 g/mol. The lowest BCUT2D eigenvalue weighted by atomic mass is 10.2. The van der Waals surface area contributed by atoms with Gasteiger partial charge in [0, 0.05) is 4.88 Å². The average Bonchev–Trinajstić information content (AvgIpc) is 2.78. The van der Waals surface area contributed by atoms with E-state index in [2.05, 4.69) is 10.3 Å². The molecule has 7 heteroatoms. The first-order valence-electron chi connectivity index (χ1n) is 7.39. The Morgan fingerprint density at radius 1 is 1.27 bits per heavy atom. The molecule has 1 aromatic heterocycles. The number of thiazole rings is 1. The Hall–Kier alpha value is -1.63. The molecule has 0 saturated heterocycles. The van der Waals surface area contributed by atoms with Crippen molar-refractivity contribution in [2.24, 2.45) is 0 Å². The normalized spacial score (nSPS) is 11.1. The third-order valence-corrected chi connectivity index (χ3v) is 3.59. The zero-order chi connectivity index (χ0) is 16.8. The fourth-order valence-electron chi connectivity index (χ4n) is 1.69. The number of ether oxygens (including phenoxy) is 2. The number of carbonyl (C=O) groups excluding carboxylic acids is 2. The molecule has 0 saturated carbocycles. The minimum Gasteiger partial charge on any atom is -0.461 e. The molecule has 0 aliphatic rings. The number of aryl methyl sites for hydroxylation is 1. The number of hydrogen-bond donors (Lipinski definition) is 1. The van der Waals surface area contributed by atoms with Crippen LogP contribution in [0.3, 0.4) is 0 Å². The first-order chi connectivity index (χ1) is 10.3. The first-order valence-corrected chi connectivity index (χ1v) is 8.21. The maximum absolute atomic E-state index is 11.9. The van der Waals surface area contributed by atoms with Crippen molar-refractivity contribution in [2.75, 3.05) is 6.61 Å². The van der Waals surface area contributed by atoms with Gasteiger partial charge in [0.15, 0.2) is 5.69 Å². The van der Waals surface area contributed by atoms with E-state index in [4.69, 9.17) is 9.47 Å². The van der Waals surface area contributed by atoms with Gasteiger partial charge in [-0.25, -0.2) is 14.6 Å². The molecule has 1 rings (SSSR count). The van der Waals surface area contributed by atoms with Gasteiger partial charge in [0.05, 0.1) is 13.2 Å². The molecule has 0 spiro atoms. The molecule has 0 aliphatic heterocycles. The van der Waals surface area contributed by atoms with Crippen LogP contribution in [0, 0.1) is 0 Å². The summed E-state index contributed by atoms with van der Waals surface area (Å²) in [7, 11) is 0. The molecule has 124 valence electrons. The van der Waals surface area contributed by atoms with Crippen molar-refractivity contribution < 1.29 is 19.1 Å². The van der Waals surface area contributed by atoms with E-state index in [-0.39, 0.29) is 6.54 Å². The van der Waals surface area contributed by atoms with Gasteiger partial charge in [-0.15, -0.1) is 11.3 Å². The van der Waals surface area contributed by atoms with Crippen LogP contribution >= 0.6 is 11.3 Å². The number of carbonyl (C=O) groups is 2. The lowest BCUT2D eigenvalue weighted by Gasteiger charge is -2.19. The van der Waals surface area contributed by atoms with E-state index in [1.165, 1.54) is 11.3 Å². The van der Waals surface area contributed by atoms with Gasteiger partial charge in [0.1, 0.15) is 10.6 Å². The maximum atomic E-state index is 11.9. The van der Waals surface area contributed by atoms with Crippen LogP contribution < -0.4 is 5.32 Å². The zero-order valence-corrected chi connectivity index (χ0v) is 14.6. The largest absolute Gasteiger partial charge is 0.461 e. The highest BCUT2D eigenvalue weighted by atomic mass is 32.1. The second-order valence-corrected chi connectivity index (χ2v) is 6.87. The summed E-state index contributed by atoms with van der Waals surface area (Å²) in [6.45, 7) is 9.74. The molecule has 1 aromatic rings. The molecule has 0 unspecified atom stereocenters. The summed E-state index contributed by atoms with van der Waals surface area (Å²) in [5.41, 5.74) is -0.189. The molecule has 0 radical (unpaired) electrons. The van der Waals surface area contributed by atoms with Gasteiger partial charge >= 0.3 is 12.1 Å². The quantitative estimate of drug-likeness (QED) is 0.811. The molecule has 0 aliphatic carbocycles. The van der Waals surface area contributed by atoms with E-state index in [0.29, 0.717) is 17.3 Å². The number of rotatable bonds is 6. The average molecular weight is 328 g/mol. The predicted molar refractivity (Wildman–Crippen MR) is 85.1 cm³/mol. The second-order valence-electron chi connectivity index (χ2n) is 5.71. The van der Waals surface area contributed by atoms with Crippen LogP contribution in [0.1, 0.15) is 61.4 Å². The number of hydrogen-bond acceptors (Lipinski definition) is 6. The zero-order valence-electron chi connectivity index (χ0n) is 13.8. The molecule has 1 amide bonds. The third-order valence-electron chi connectivity index (χ3n) is 2.47. The molecule has 0 atom stereocenters. The van der Waals surface area contributed by atoms with E-state index < -0.39 is 17.7 Å². The Labute approximate surface area is 135 Å². The summed E-state index contributed by atoms with van der Waals surface area (Å²) in [4.78, 5) is 28.7. The smallest absolute Gasteiger partial charge is 0.408 e. The summed E-state index contributed by atoms with van der Waals surface area (Å²) in [6.07, 6.45) is 1.17. The number of esters is 1. The maximum Gasteiger partial charge on any atom is 0.408 e. The number of nitrogens with one attached hydrogen (secondary N) is 1. The van der Waals surface area contributed by atoms with Crippen LogP contribution in [-0.4, -0.2) is 29.3 Å². The minimum atomic E-state index is -0.545. The Morgan fingerprint density at radius 2 is 1.95 bits per heavy atom. The number of amides is 1. The molecule has 0 bridgehead atoms. The van der Waals surface area contributed by atoms with E-state index in [1.54, 1.807) is 27.7 Å². The van der Waals surface area contributed by atoms with Crippen LogP contribution in [0.2, 0.25) is 0 Å². The highest BCUT2D eigenvalue weighted by molar-refractivity contribution is 7.11. The summed E-state index contributed by atoms with van der Waals surface area (Å²) >= 11 is 1.42. The molecule has 22 heavy (non-hydrogen) atoms. The van der Waals surface area contributed by atoms with Gasteiger partial charge in [-0.2, -0.15) is 0 Å². The monoisotopic (exact) mass is 328 g/mol. The fraction of sp³-hybridized carbons (Fsp3) is 0.667. The van der Waals surface area contributed by atoms with Gasteiger partial charge < -0.3 is 14.8 Å². The topological polar surface area (TPSA) is 77.5 Å². The van der Waals surface area contributed by atoms with Crippen molar-refractivity contribution >= 4 is 23.4 Å². The van der Waals surface area contributed by atoms with E-state index in [1.807, 2.05) is 6.92 Å². The number of nitrogens with zero attached hydrogens (tertiary/aromatic N) is 1. The van der Waals surface area contributed by atoms with Gasteiger partial charge in [0.25, 0.3) is 0 Å². The van der Waals surface area contributed by atoms with Gasteiger partial charge in [0.2, 0.25) is 0 Å². The SMILES string of the molecule is CCCc1sc(CNC(=O)OC(C)(C)C)nc1C(=O)OCC. The second kappa shape index (κ2) is 8.12. The van der Waals surface area contributed by atoms with Crippen LogP contribution in [0.5, 0.6) is 0 Å². The molecule has 6 nitrogen and oxygen atoms in total. The van der Waals surface area contributed by atoms with Crippen LogP contribution in [-0.2, 0) is 22.4 Å². The summed E-state index contributed by atoms with van der Waals surface area (Å²) in [5.74, 6) is -0.411. The molecule has 0 aromatic carbocycles. The molecule has 1 heterocycles. The Morgan fingerprint density at radius 3 is 2.50 bits per heavy atom. The van der Waals surface area contributed by atoms with Gasteiger partial charge in [-0.1, -0.05) is 13.3 Å². The van der Waals surface area contributed by atoms with Crippen LogP contribution in [0.25, 0.3) is 0 Å². The predicted octanol–water partition coefficient (Wildman–Crippen LogP) is 3.30. The van der Waals surface area contributed by atoms with Crippen molar-refractivity contribution in [3.05, 3.63) is 15.6 Å². The minimum absolute atomic E-state index is 0.232. The summed E-state index contributed by atoms with van der Waals surface area (Å²) in [5, 5.41) is 3.31. The molecule has 0 fully saturated rings. The Balaban J connectivity index is 2.73. The number of alkyl carbamates (subject to hydrolysis) is 1. The lowest BCUT2D eigenvalue weighted by molar-refractivity contribution is 0.0515. The van der Waals surface area contributed by atoms with Crippen LogP contribution in [0.15, 0.2) is 0 Å². The first kappa shape index (κ1) is 18.4. The Kier molecular flexibility index (Phi) is 6.80. The lowest BCUT2D eigenvalue weighted by Crippen LogP contribution is -2.32. The molecular formula is C15H24N2O4S. The van der Waals surface area contributed by atoms with Gasteiger partial charge in [-0.05, 0) is 34.1 Å². The van der Waals surface area contributed by atoms with Crippen LogP contribution in [0.4, 0.5) is 4.79 Å². The van der Waals surface area contributed by atoms with Gasteiger partial charge in [-0.3, -0.25) is 0 Å². The van der Waals surface area contributed by atoms with Crippen molar-refractivity contribution in [3.63, 3.8) is 0 Å². The highest BCUT2D eigenvalue weighted by Gasteiger charge is 2.20. The fourth-order valence-corrected chi connectivity index (χ4v) is 2.79. The number of aromatic nitrogens is 1.